The van der Waals surface area contributed by atoms with Gasteiger partial charge in [0.25, 0.3) is 0 Å². The van der Waals surface area contributed by atoms with Crippen LogP contribution in [0.4, 0.5) is 0 Å². The molecule has 0 aromatic rings. The number of amides is 1. The van der Waals surface area contributed by atoms with Crippen LogP contribution in [0.3, 0.4) is 0 Å². The first kappa shape index (κ1) is 9.35. The molecule has 3 N–H and O–H groups in total. The summed E-state index contributed by atoms with van der Waals surface area (Å²) in [5.74, 6) is -1.51. The van der Waals surface area contributed by atoms with Crippen molar-refractivity contribution in [3.8, 4) is 0 Å². The van der Waals surface area contributed by atoms with Gasteiger partial charge in [-0.25, -0.2) is 4.79 Å². The number of hydrogen-bond acceptors (Lipinski definition) is 4. The topological polar surface area (TPSA) is 93.2 Å². The molecule has 0 heterocycles. The summed E-state index contributed by atoms with van der Waals surface area (Å²) in [5.41, 5.74) is 4.30. The van der Waals surface area contributed by atoms with Gasteiger partial charge in [-0.3, -0.25) is 10.2 Å². The number of methoxy groups -OCH3 is 1. The van der Waals surface area contributed by atoms with Crippen LogP contribution in [0.2, 0.25) is 0 Å². The predicted molar refractivity (Wildman–Crippen MR) is 38.1 cm³/mol. The summed E-state index contributed by atoms with van der Waals surface area (Å²) in [5, 5.41) is 6.92. The highest BCUT2D eigenvalue weighted by Gasteiger charge is 2.03. The standard InChI is InChI=1S/C6H8N2O3/c1-11-6(10)4(7)2-3-5(8)9/h2-3,7H,1H3,(H2,8,9)/b3-2-,7-4?. The van der Waals surface area contributed by atoms with Crippen molar-refractivity contribution in [3.05, 3.63) is 12.2 Å². The number of nitrogens with two attached hydrogens (primary N) is 1. The molecule has 0 spiro atoms. The smallest absolute Gasteiger partial charge is 0.355 e. The molecular weight excluding hydrogens is 148 g/mol. The Morgan fingerprint density at radius 2 is 2.00 bits per heavy atom. The normalized spacial score (nSPS) is 9.55. The molecule has 11 heavy (non-hydrogen) atoms. The molecule has 5 heteroatoms. The highest BCUT2D eigenvalue weighted by atomic mass is 16.5. The fraction of sp³-hybridized carbons (Fsp3) is 0.167. The van der Waals surface area contributed by atoms with Crippen molar-refractivity contribution in [1.82, 2.24) is 0 Å². The minimum absolute atomic E-state index is 0.411. The molecule has 5 nitrogen and oxygen atoms in total. The van der Waals surface area contributed by atoms with Crippen LogP contribution in [0.1, 0.15) is 0 Å². The zero-order valence-corrected chi connectivity index (χ0v) is 5.96. The third-order valence-electron chi connectivity index (χ3n) is 0.820. The Morgan fingerprint density at radius 3 is 2.36 bits per heavy atom. The molecule has 0 aliphatic rings. The van der Waals surface area contributed by atoms with Gasteiger partial charge < -0.3 is 10.5 Å². The van der Waals surface area contributed by atoms with Crippen LogP contribution >= 0.6 is 0 Å². The number of rotatable bonds is 3. The summed E-state index contributed by atoms with van der Waals surface area (Å²) in [6.45, 7) is 0. The number of primary amides is 1. The highest BCUT2D eigenvalue weighted by molar-refractivity contribution is 6.40. The second-order valence-corrected chi connectivity index (χ2v) is 1.64. The monoisotopic (exact) mass is 156 g/mol. The van der Waals surface area contributed by atoms with Gasteiger partial charge in [0.15, 0.2) is 0 Å². The molecule has 0 aliphatic carbocycles. The second kappa shape index (κ2) is 4.21. The van der Waals surface area contributed by atoms with Crippen molar-refractivity contribution in [2.45, 2.75) is 0 Å². The van der Waals surface area contributed by atoms with Crippen LogP contribution in [0.15, 0.2) is 12.2 Å². The lowest BCUT2D eigenvalue weighted by Gasteiger charge is -1.92. The molecule has 0 unspecified atom stereocenters. The largest absolute Gasteiger partial charge is 0.464 e. The lowest BCUT2D eigenvalue weighted by Crippen LogP contribution is -2.13. The number of nitrogens with one attached hydrogen (secondary N) is 1. The van der Waals surface area contributed by atoms with Gasteiger partial charge in [-0.15, -0.1) is 0 Å². The van der Waals surface area contributed by atoms with E-state index in [1.165, 1.54) is 0 Å². The van der Waals surface area contributed by atoms with Crippen molar-refractivity contribution >= 4 is 17.6 Å². The Kier molecular flexibility index (Phi) is 3.58. The third-order valence-corrected chi connectivity index (χ3v) is 0.820. The highest BCUT2D eigenvalue weighted by Crippen LogP contribution is 1.81. The Labute approximate surface area is 63.3 Å². The first-order valence-corrected chi connectivity index (χ1v) is 2.72. The minimum atomic E-state index is -0.803. The Hall–Kier alpha value is -1.65. The Bertz CT molecular complexity index is 220. The summed E-state index contributed by atoms with van der Waals surface area (Å²) in [6, 6.07) is 0. The van der Waals surface area contributed by atoms with Crippen LogP contribution in [0.5, 0.6) is 0 Å². The third kappa shape index (κ3) is 3.85. The maximum atomic E-state index is 10.5. The first-order chi connectivity index (χ1) is 5.07. The van der Waals surface area contributed by atoms with Gasteiger partial charge >= 0.3 is 5.97 Å². The molecule has 0 fully saturated rings. The summed E-state index contributed by atoms with van der Waals surface area (Å²) in [7, 11) is 1.15. The van der Waals surface area contributed by atoms with E-state index < -0.39 is 17.6 Å². The van der Waals surface area contributed by atoms with Gasteiger partial charge in [-0.05, 0) is 6.08 Å². The molecule has 1 amide bonds. The fourth-order valence-corrected chi connectivity index (χ4v) is 0.343. The van der Waals surface area contributed by atoms with Gasteiger partial charge in [-0.1, -0.05) is 0 Å². The first-order valence-electron chi connectivity index (χ1n) is 2.72. The lowest BCUT2D eigenvalue weighted by molar-refractivity contribution is -0.132. The van der Waals surface area contributed by atoms with Crippen molar-refractivity contribution in [2.75, 3.05) is 7.11 Å². The van der Waals surface area contributed by atoms with E-state index in [0.717, 1.165) is 19.3 Å². The number of hydrogen-bond donors (Lipinski definition) is 2. The summed E-state index contributed by atoms with van der Waals surface area (Å²) >= 11 is 0. The van der Waals surface area contributed by atoms with Crippen LogP contribution in [-0.2, 0) is 14.3 Å². The van der Waals surface area contributed by atoms with Gasteiger partial charge in [0, 0.05) is 6.08 Å². The van der Waals surface area contributed by atoms with Gasteiger partial charge in [0.2, 0.25) is 5.91 Å². The molecule has 0 radical (unpaired) electrons. The number of ether oxygens (including phenoxy) is 1. The van der Waals surface area contributed by atoms with E-state index in [9.17, 15) is 9.59 Å². The predicted octanol–water partition coefficient (Wildman–Crippen LogP) is -0.779. The summed E-state index contributed by atoms with van der Waals surface area (Å²) < 4.78 is 4.18. The zero-order chi connectivity index (χ0) is 8.85. The van der Waals surface area contributed by atoms with E-state index in [4.69, 9.17) is 11.1 Å². The molecular formula is C6H8N2O3. The molecule has 0 rings (SSSR count). The lowest BCUT2D eigenvalue weighted by atomic mass is 10.3. The zero-order valence-electron chi connectivity index (χ0n) is 5.96. The van der Waals surface area contributed by atoms with Crippen molar-refractivity contribution in [1.29, 1.82) is 5.41 Å². The van der Waals surface area contributed by atoms with E-state index in [1.807, 2.05) is 0 Å². The Morgan fingerprint density at radius 1 is 1.45 bits per heavy atom. The van der Waals surface area contributed by atoms with Crippen molar-refractivity contribution in [3.63, 3.8) is 0 Å². The van der Waals surface area contributed by atoms with Crippen LogP contribution in [-0.4, -0.2) is 24.7 Å². The number of carbonyl (C=O) groups excluding carboxylic acids is 2. The van der Waals surface area contributed by atoms with E-state index >= 15 is 0 Å². The second-order valence-electron chi connectivity index (χ2n) is 1.64. The van der Waals surface area contributed by atoms with E-state index in [-0.39, 0.29) is 0 Å². The molecule has 60 valence electrons. The average molecular weight is 156 g/mol. The van der Waals surface area contributed by atoms with E-state index in [0.29, 0.717) is 0 Å². The quantitative estimate of drug-likeness (QED) is 0.319. The maximum Gasteiger partial charge on any atom is 0.355 e. The van der Waals surface area contributed by atoms with Crippen LogP contribution in [0.25, 0.3) is 0 Å². The van der Waals surface area contributed by atoms with Gasteiger partial charge in [0.05, 0.1) is 7.11 Å². The number of carbonyl (C=O) groups is 2. The van der Waals surface area contributed by atoms with E-state index in [2.05, 4.69) is 4.74 Å². The molecule has 0 atom stereocenters. The van der Waals surface area contributed by atoms with Crippen LogP contribution < -0.4 is 5.73 Å². The average Bonchev–Trinajstić information content (AvgIpc) is 1.98. The van der Waals surface area contributed by atoms with E-state index in [1.54, 1.807) is 0 Å². The molecule has 0 saturated heterocycles. The SMILES string of the molecule is COC(=O)C(=N)/C=C\C(N)=O. The maximum absolute atomic E-state index is 10.5. The van der Waals surface area contributed by atoms with Gasteiger partial charge in [0.1, 0.15) is 5.71 Å². The molecule has 0 aromatic carbocycles. The summed E-state index contributed by atoms with van der Waals surface area (Å²) in [4.78, 5) is 20.6. The summed E-state index contributed by atoms with van der Waals surface area (Å²) in [6.07, 6.45) is 1.90. The fourth-order valence-electron chi connectivity index (χ4n) is 0.343. The Balaban J connectivity index is 4.08. The number of esters is 1. The van der Waals surface area contributed by atoms with Crippen molar-refractivity contribution in [2.24, 2.45) is 5.73 Å². The molecule has 0 saturated carbocycles. The van der Waals surface area contributed by atoms with Gasteiger partial charge in [-0.2, -0.15) is 0 Å². The van der Waals surface area contributed by atoms with Crippen LogP contribution in [0, 0.1) is 5.41 Å². The van der Waals surface area contributed by atoms with Crippen molar-refractivity contribution < 1.29 is 14.3 Å². The molecule has 0 aliphatic heterocycles. The minimum Gasteiger partial charge on any atom is -0.464 e. The molecule has 0 aromatic heterocycles. The molecule has 0 bridgehead atoms.